The van der Waals surface area contributed by atoms with Crippen molar-refractivity contribution in [2.24, 2.45) is 0 Å². The molecule has 1 amide bonds. The molecule has 1 aliphatic heterocycles. The van der Waals surface area contributed by atoms with Crippen LogP contribution < -0.4 is 10.9 Å². The third-order valence-corrected chi connectivity index (χ3v) is 5.25. The molecule has 1 atom stereocenters. The van der Waals surface area contributed by atoms with Crippen molar-refractivity contribution in [1.29, 1.82) is 0 Å². The summed E-state index contributed by atoms with van der Waals surface area (Å²) in [4.78, 5) is 32.1. The van der Waals surface area contributed by atoms with Gasteiger partial charge in [0.2, 0.25) is 5.91 Å². The number of aromatic amines is 1. The Labute approximate surface area is 145 Å². The Balaban J connectivity index is 2.09. The number of nitrogens with zero attached hydrogens (tertiary/aromatic N) is 1. The quantitative estimate of drug-likeness (QED) is 0.659. The number of hydrogen-bond acceptors (Lipinski definition) is 4. The molecule has 0 saturated heterocycles. The number of aromatic nitrogens is 2. The van der Waals surface area contributed by atoms with E-state index in [-0.39, 0.29) is 23.8 Å². The average Bonchev–Trinajstić information content (AvgIpc) is 2.51. The van der Waals surface area contributed by atoms with Crippen molar-refractivity contribution in [3.8, 4) is 0 Å². The van der Waals surface area contributed by atoms with E-state index in [0.29, 0.717) is 16.5 Å². The molecule has 1 aromatic carbocycles. The number of aryl methyl sites for hydroxylation is 2. The molecule has 5 nitrogen and oxygen atoms in total. The van der Waals surface area contributed by atoms with E-state index in [1.807, 2.05) is 26.0 Å². The van der Waals surface area contributed by atoms with Crippen molar-refractivity contribution in [3.05, 3.63) is 50.8 Å². The maximum atomic E-state index is 12.7. The molecular weight excluding hydrogens is 322 g/mol. The van der Waals surface area contributed by atoms with E-state index in [4.69, 9.17) is 0 Å². The van der Waals surface area contributed by atoms with Crippen molar-refractivity contribution in [2.45, 2.75) is 44.7 Å². The summed E-state index contributed by atoms with van der Waals surface area (Å²) >= 11 is 1.49. The molecule has 1 aromatic heterocycles. The molecule has 1 aliphatic rings. The highest BCUT2D eigenvalue weighted by Gasteiger charge is 2.31. The van der Waals surface area contributed by atoms with Crippen LogP contribution in [0, 0.1) is 13.8 Å². The molecule has 0 bridgehead atoms. The smallest absolute Gasteiger partial charge is 0.257 e. The molecule has 24 heavy (non-hydrogen) atoms. The number of rotatable bonds is 4. The Kier molecular flexibility index (Phi) is 4.76. The highest BCUT2D eigenvalue weighted by atomic mass is 32.2. The van der Waals surface area contributed by atoms with Gasteiger partial charge in [-0.15, -0.1) is 0 Å². The van der Waals surface area contributed by atoms with Crippen LogP contribution >= 0.6 is 11.8 Å². The number of carbonyl (C=O) groups is 1. The molecule has 0 unspecified atom stereocenters. The summed E-state index contributed by atoms with van der Waals surface area (Å²) in [6, 6.07) is 6.10. The minimum absolute atomic E-state index is 0.1000. The van der Waals surface area contributed by atoms with Gasteiger partial charge in [-0.1, -0.05) is 42.4 Å². The van der Waals surface area contributed by atoms with Crippen LogP contribution in [0.2, 0.25) is 0 Å². The topological polar surface area (TPSA) is 74.8 Å². The monoisotopic (exact) mass is 343 g/mol. The van der Waals surface area contributed by atoms with E-state index >= 15 is 0 Å². The lowest BCUT2D eigenvalue weighted by Crippen LogP contribution is -2.31. The molecule has 6 heteroatoms. The van der Waals surface area contributed by atoms with Gasteiger partial charge < -0.3 is 10.3 Å². The first kappa shape index (κ1) is 16.8. The highest BCUT2D eigenvalue weighted by molar-refractivity contribution is 7.99. The number of nitrogens with one attached hydrogen (secondary N) is 2. The molecule has 0 saturated carbocycles. The fourth-order valence-electron chi connectivity index (χ4n) is 3.10. The van der Waals surface area contributed by atoms with E-state index in [2.05, 4.69) is 28.3 Å². The van der Waals surface area contributed by atoms with Gasteiger partial charge in [-0.2, -0.15) is 0 Å². The first-order valence-corrected chi connectivity index (χ1v) is 9.12. The second-order valence-electron chi connectivity index (χ2n) is 6.15. The van der Waals surface area contributed by atoms with Crippen LogP contribution in [0.1, 0.15) is 47.9 Å². The Bertz CT molecular complexity index is 845. The Hall–Kier alpha value is -2.08. The molecule has 0 radical (unpaired) electrons. The van der Waals surface area contributed by atoms with Crippen molar-refractivity contribution in [2.75, 3.05) is 11.1 Å². The SMILES string of the molecule is CCCSc1nc2c(c(=O)[nH]1)[C@@H](c1ccc(C)cc1C)CC(=O)N2. The summed E-state index contributed by atoms with van der Waals surface area (Å²) in [5.74, 6) is 0.919. The van der Waals surface area contributed by atoms with Gasteiger partial charge >= 0.3 is 0 Å². The number of anilines is 1. The van der Waals surface area contributed by atoms with Gasteiger partial charge in [-0.25, -0.2) is 4.98 Å². The zero-order valence-corrected chi connectivity index (χ0v) is 14.9. The van der Waals surface area contributed by atoms with E-state index in [9.17, 15) is 9.59 Å². The highest BCUT2D eigenvalue weighted by Crippen LogP contribution is 2.36. The van der Waals surface area contributed by atoms with Crippen LogP contribution in [-0.2, 0) is 4.79 Å². The number of H-pyrrole nitrogens is 1. The van der Waals surface area contributed by atoms with Crippen molar-refractivity contribution in [3.63, 3.8) is 0 Å². The third kappa shape index (κ3) is 3.24. The fraction of sp³-hybridized carbons (Fsp3) is 0.389. The lowest BCUT2D eigenvalue weighted by atomic mass is 9.84. The van der Waals surface area contributed by atoms with E-state index < -0.39 is 0 Å². The first-order chi connectivity index (χ1) is 11.5. The molecule has 3 rings (SSSR count). The molecule has 2 aromatic rings. The molecule has 2 N–H and O–H groups in total. The van der Waals surface area contributed by atoms with E-state index in [1.54, 1.807) is 0 Å². The van der Waals surface area contributed by atoms with Crippen molar-refractivity contribution < 1.29 is 4.79 Å². The van der Waals surface area contributed by atoms with Crippen LogP contribution in [0.4, 0.5) is 5.82 Å². The molecule has 0 aliphatic carbocycles. The number of benzene rings is 1. The second kappa shape index (κ2) is 6.81. The van der Waals surface area contributed by atoms with E-state index in [0.717, 1.165) is 28.9 Å². The zero-order valence-electron chi connectivity index (χ0n) is 14.1. The van der Waals surface area contributed by atoms with Crippen molar-refractivity contribution in [1.82, 2.24) is 9.97 Å². The number of carbonyl (C=O) groups excluding carboxylic acids is 1. The van der Waals surface area contributed by atoms with E-state index in [1.165, 1.54) is 11.8 Å². The van der Waals surface area contributed by atoms with Gasteiger partial charge in [0.05, 0.1) is 5.56 Å². The summed E-state index contributed by atoms with van der Waals surface area (Å²) in [6.45, 7) is 6.12. The maximum absolute atomic E-state index is 12.7. The van der Waals surface area contributed by atoms with Crippen LogP contribution in [-0.4, -0.2) is 21.6 Å². The minimum atomic E-state index is -0.254. The summed E-state index contributed by atoms with van der Waals surface area (Å²) in [7, 11) is 0. The van der Waals surface area contributed by atoms with Crippen LogP contribution in [0.15, 0.2) is 28.2 Å². The van der Waals surface area contributed by atoms with Crippen molar-refractivity contribution >= 4 is 23.5 Å². The van der Waals surface area contributed by atoms with Gasteiger partial charge in [0.15, 0.2) is 5.16 Å². The third-order valence-electron chi connectivity index (χ3n) is 4.17. The standard InChI is InChI=1S/C18H21N3O2S/c1-4-7-24-18-20-16-15(17(23)21-18)13(9-14(22)19-16)12-6-5-10(2)8-11(12)3/h5-6,8,13H,4,7,9H2,1-3H3,(H2,19,20,21,22,23)/t13-/m1/s1. The number of amides is 1. The van der Waals surface area contributed by atoms with Gasteiger partial charge in [0.1, 0.15) is 5.82 Å². The van der Waals surface area contributed by atoms with Gasteiger partial charge in [-0.05, 0) is 31.4 Å². The lowest BCUT2D eigenvalue weighted by Gasteiger charge is -2.25. The summed E-state index contributed by atoms with van der Waals surface area (Å²) in [5.41, 5.74) is 3.66. The van der Waals surface area contributed by atoms with Gasteiger partial charge in [0, 0.05) is 18.1 Å². The van der Waals surface area contributed by atoms with Crippen LogP contribution in [0.25, 0.3) is 0 Å². The maximum Gasteiger partial charge on any atom is 0.257 e. The first-order valence-electron chi connectivity index (χ1n) is 8.13. The second-order valence-corrected chi connectivity index (χ2v) is 7.23. The predicted molar refractivity (Wildman–Crippen MR) is 96.9 cm³/mol. The van der Waals surface area contributed by atoms with Gasteiger partial charge in [0.25, 0.3) is 5.56 Å². The summed E-state index contributed by atoms with van der Waals surface area (Å²) in [6.07, 6.45) is 1.26. The van der Waals surface area contributed by atoms with Crippen LogP contribution in [0.5, 0.6) is 0 Å². The molecule has 0 spiro atoms. The number of fused-ring (bicyclic) bond motifs is 1. The largest absolute Gasteiger partial charge is 0.310 e. The number of hydrogen-bond donors (Lipinski definition) is 2. The molecular formula is C18H21N3O2S. The minimum Gasteiger partial charge on any atom is -0.310 e. The zero-order chi connectivity index (χ0) is 17.3. The Morgan fingerprint density at radius 1 is 1.29 bits per heavy atom. The van der Waals surface area contributed by atoms with Gasteiger partial charge in [-0.3, -0.25) is 9.59 Å². The lowest BCUT2D eigenvalue weighted by molar-refractivity contribution is -0.116. The summed E-state index contributed by atoms with van der Waals surface area (Å²) < 4.78 is 0. The molecule has 0 fully saturated rings. The predicted octanol–water partition coefficient (Wildman–Crippen LogP) is 3.36. The fourth-order valence-corrected chi connectivity index (χ4v) is 3.82. The summed E-state index contributed by atoms with van der Waals surface area (Å²) in [5, 5.41) is 3.32. The molecule has 126 valence electrons. The molecule has 2 heterocycles. The normalized spacial score (nSPS) is 16.6. The average molecular weight is 343 g/mol. The Morgan fingerprint density at radius 2 is 2.08 bits per heavy atom. The van der Waals surface area contributed by atoms with Crippen LogP contribution in [0.3, 0.4) is 0 Å². The number of thioether (sulfide) groups is 1. The Morgan fingerprint density at radius 3 is 2.79 bits per heavy atom.